The average Bonchev–Trinajstić information content (AvgIpc) is 2.78. The van der Waals surface area contributed by atoms with Gasteiger partial charge in [0.15, 0.2) is 23.0 Å². The van der Waals surface area contributed by atoms with Gasteiger partial charge in [0.2, 0.25) is 11.5 Å². The van der Waals surface area contributed by atoms with Crippen LogP contribution in [0.3, 0.4) is 0 Å². The van der Waals surface area contributed by atoms with Gasteiger partial charge in [0, 0.05) is 0 Å². The summed E-state index contributed by atoms with van der Waals surface area (Å²) in [6, 6.07) is 9.06. The smallest absolute Gasteiger partial charge is 0.322 e. The normalized spacial score (nSPS) is 12.9. The number of para-hydroxylation sites is 2. The highest BCUT2D eigenvalue weighted by Gasteiger charge is 2.32. The standard InChI is InChI=1S/C21H27ClNO8PS/c1-13(22)18(21(24)25)23-12-32(33,30-19-14(26-2)8-6-9-15(19)27-3)31-20-16(28-4)10-7-11-17(20)29-5/h6-11,13,18,23H,12H2,1-5H3,(H,24,25). The monoisotopic (exact) mass is 519 g/mol. The Morgan fingerprint density at radius 3 is 1.58 bits per heavy atom. The summed E-state index contributed by atoms with van der Waals surface area (Å²) >= 11 is 11.9. The van der Waals surface area contributed by atoms with Crippen molar-refractivity contribution in [1.82, 2.24) is 5.32 Å². The lowest BCUT2D eigenvalue weighted by molar-refractivity contribution is -0.139. The highest BCUT2D eigenvalue weighted by Crippen LogP contribution is 2.56. The molecule has 0 radical (unpaired) electrons. The van der Waals surface area contributed by atoms with Crippen LogP contribution in [0.15, 0.2) is 36.4 Å². The number of carboxylic acid groups (broad SMARTS) is 1. The first-order valence-electron chi connectivity index (χ1n) is 9.70. The molecule has 0 saturated heterocycles. The molecule has 0 fully saturated rings. The van der Waals surface area contributed by atoms with Gasteiger partial charge in [0.25, 0.3) is 0 Å². The van der Waals surface area contributed by atoms with Crippen molar-refractivity contribution >= 4 is 35.9 Å². The molecule has 2 aromatic carbocycles. The maximum atomic E-state index is 11.6. The molecule has 33 heavy (non-hydrogen) atoms. The van der Waals surface area contributed by atoms with E-state index in [1.54, 1.807) is 43.3 Å². The van der Waals surface area contributed by atoms with E-state index in [1.165, 1.54) is 28.4 Å². The summed E-state index contributed by atoms with van der Waals surface area (Å²) in [6.07, 6.45) is -0.154. The van der Waals surface area contributed by atoms with E-state index in [-0.39, 0.29) is 17.8 Å². The van der Waals surface area contributed by atoms with Gasteiger partial charge in [-0.3, -0.25) is 10.1 Å². The molecule has 12 heteroatoms. The first-order chi connectivity index (χ1) is 15.7. The van der Waals surface area contributed by atoms with Gasteiger partial charge in [-0.05, 0) is 43.0 Å². The molecule has 0 saturated carbocycles. The van der Waals surface area contributed by atoms with Gasteiger partial charge in [-0.15, -0.1) is 11.6 Å². The van der Waals surface area contributed by atoms with E-state index >= 15 is 0 Å². The van der Waals surface area contributed by atoms with Gasteiger partial charge in [-0.1, -0.05) is 12.1 Å². The van der Waals surface area contributed by atoms with E-state index < -0.39 is 23.9 Å². The molecule has 0 bridgehead atoms. The van der Waals surface area contributed by atoms with Crippen molar-refractivity contribution in [2.75, 3.05) is 34.7 Å². The maximum absolute atomic E-state index is 11.6. The van der Waals surface area contributed by atoms with Crippen LogP contribution in [-0.4, -0.2) is 57.2 Å². The molecule has 0 aliphatic rings. The molecular weight excluding hydrogens is 493 g/mol. The highest BCUT2D eigenvalue weighted by molar-refractivity contribution is 8.10. The zero-order chi connectivity index (χ0) is 24.6. The minimum atomic E-state index is -3.38. The summed E-state index contributed by atoms with van der Waals surface area (Å²) in [5, 5.41) is 11.6. The van der Waals surface area contributed by atoms with Crippen molar-refractivity contribution in [1.29, 1.82) is 0 Å². The van der Waals surface area contributed by atoms with Gasteiger partial charge < -0.3 is 33.1 Å². The first-order valence-corrected chi connectivity index (χ1v) is 13.0. The van der Waals surface area contributed by atoms with Crippen LogP contribution >= 0.6 is 18.1 Å². The molecule has 182 valence electrons. The minimum Gasteiger partial charge on any atom is -0.493 e. The highest BCUT2D eigenvalue weighted by atomic mass is 35.5. The van der Waals surface area contributed by atoms with Crippen molar-refractivity contribution in [3.8, 4) is 34.5 Å². The van der Waals surface area contributed by atoms with E-state index in [1.807, 2.05) is 0 Å². The number of hydrogen-bond donors (Lipinski definition) is 2. The van der Waals surface area contributed by atoms with Crippen LogP contribution in [0, 0.1) is 0 Å². The van der Waals surface area contributed by atoms with Crippen molar-refractivity contribution in [3.63, 3.8) is 0 Å². The summed E-state index contributed by atoms with van der Waals surface area (Å²) in [7, 11) is 5.90. The quantitative estimate of drug-likeness (QED) is 0.296. The Morgan fingerprint density at radius 1 is 0.939 bits per heavy atom. The summed E-state index contributed by atoms with van der Waals surface area (Å²) in [5.41, 5.74) is 0. The van der Waals surface area contributed by atoms with Gasteiger partial charge in [-0.25, -0.2) is 0 Å². The Bertz CT molecular complexity index is 900. The van der Waals surface area contributed by atoms with Crippen LogP contribution in [0.5, 0.6) is 34.5 Å². The van der Waals surface area contributed by atoms with Crippen molar-refractivity contribution in [2.45, 2.75) is 18.3 Å². The Kier molecular flexibility index (Phi) is 9.91. The second-order valence-corrected chi connectivity index (χ2v) is 10.9. The van der Waals surface area contributed by atoms with Crippen LogP contribution in [-0.2, 0) is 16.6 Å². The van der Waals surface area contributed by atoms with Crippen LogP contribution in [0.2, 0.25) is 0 Å². The number of ether oxygens (including phenoxy) is 4. The summed E-state index contributed by atoms with van der Waals surface area (Å²) < 4.78 is 34.0. The molecule has 2 rings (SSSR count). The minimum absolute atomic E-state index is 0.154. The molecule has 2 unspecified atom stereocenters. The lowest BCUT2D eigenvalue weighted by Gasteiger charge is -2.28. The fraction of sp³-hybridized carbons (Fsp3) is 0.381. The zero-order valence-electron chi connectivity index (χ0n) is 18.9. The Balaban J connectivity index is 2.54. The number of hydrogen-bond acceptors (Lipinski definition) is 9. The molecule has 0 aliphatic carbocycles. The average molecular weight is 520 g/mol. The third-order valence-corrected chi connectivity index (χ3v) is 7.03. The van der Waals surface area contributed by atoms with E-state index in [0.717, 1.165) is 0 Å². The molecule has 0 heterocycles. The van der Waals surface area contributed by atoms with Crippen molar-refractivity contribution < 1.29 is 37.9 Å². The molecule has 0 spiro atoms. The second kappa shape index (κ2) is 12.2. The SMILES string of the molecule is COc1cccc(OC)c1OP(=S)(CNC(C(=O)O)C(C)Cl)Oc1c(OC)cccc1OC. The molecule has 2 aromatic rings. The maximum Gasteiger partial charge on any atom is 0.322 e. The number of aliphatic carboxylic acids is 1. The lowest BCUT2D eigenvalue weighted by atomic mass is 10.2. The number of halogens is 1. The fourth-order valence-corrected chi connectivity index (χ4v) is 5.20. The summed E-state index contributed by atoms with van der Waals surface area (Å²) in [6.45, 7) is -1.82. The number of benzene rings is 2. The Hall–Kier alpha value is -2.39. The second-order valence-electron chi connectivity index (χ2n) is 6.63. The molecule has 0 aliphatic heterocycles. The number of nitrogens with one attached hydrogen (secondary N) is 1. The predicted octanol–water partition coefficient (Wildman–Crippen LogP) is 4.12. The molecule has 2 N–H and O–H groups in total. The molecule has 0 aromatic heterocycles. The van der Waals surface area contributed by atoms with Crippen molar-refractivity contribution in [2.24, 2.45) is 0 Å². The first kappa shape index (κ1) is 26.9. The van der Waals surface area contributed by atoms with Crippen LogP contribution in [0.1, 0.15) is 6.92 Å². The largest absolute Gasteiger partial charge is 0.493 e. The van der Waals surface area contributed by atoms with Crippen molar-refractivity contribution in [3.05, 3.63) is 36.4 Å². The van der Waals surface area contributed by atoms with Crippen LogP contribution < -0.4 is 33.3 Å². The Labute approximate surface area is 203 Å². The van der Waals surface area contributed by atoms with Gasteiger partial charge in [-0.2, -0.15) is 0 Å². The zero-order valence-corrected chi connectivity index (χ0v) is 21.3. The number of alkyl halides is 1. The molecular formula is C21H27ClNO8PS. The van der Waals surface area contributed by atoms with E-state index in [4.69, 9.17) is 51.4 Å². The van der Waals surface area contributed by atoms with Gasteiger partial charge in [0.1, 0.15) is 6.04 Å². The summed E-state index contributed by atoms with van der Waals surface area (Å²) in [4.78, 5) is 11.6. The number of carbonyl (C=O) groups is 1. The van der Waals surface area contributed by atoms with Crippen LogP contribution in [0.25, 0.3) is 0 Å². The van der Waals surface area contributed by atoms with E-state index in [0.29, 0.717) is 23.0 Å². The molecule has 2 atom stereocenters. The third kappa shape index (κ3) is 6.80. The Morgan fingerprint density at radius 2 is 1.30 bits per heavy atom. The van der Waals surface area contributed by atoms with E-state index in [9.17, 15) is 9.90 Å². The fourth-order valence-electron chi connectivity index (χ4n) is 2.83. The number of carboxylic acids is 1. The lowest BCUT2D eigenvalue weighted by Crippen LogP contribution is -2.43. The number of rotatable bonds is 13. The molecule has 0 amide bonds. The molecule has 9 nitrogen and oxygen atoms in total. The predicted molar refractivity (Wildman–Crippen MR) is 129 cm³/mol. The van der Waals surface area contributed by atoms with Gasteiger partial charge >= 0.3 is 12.5 Å². The summed E-state index contributed by atoms with van der Waals surface area (Å²) in [5.74, 6) is 0.738. The van der Waals surface area contributed by atoms with E-state index in [2.05, 4.69) is 5.32 Å². The van der Waals surface area contributed by atoms with Crippen LogP contribution in [0.4, 0.5) is 0 Å². The third-order valence-electron chi connectivity index (χ3n) is 4.46. The number of methoxy groups -OCH3 is 4. The van der Waals surface area contributed by atoms with Gasteiger partial charge in [0.05, 0.1) is 40.1 Å². The topological polar surface area (TPSA) is 105 Å².